The third-order valence-corrected chi connectivity index (χ3v) is 5.16. The zero-order chi connectivity index (χ0) is 16.8. The largest absolute Gasteiger partial charge is 0.481 e. The standard InChI is InChI=1S/C14H18FO6P/c15-12-4-1-10(2-5-12)7-8-22(20,21)9-11(14(18)19)3-6-13(16)17/h1-2,4-5,11H,3,6-9H2,(H,16,17)(H,18,19)(H,20,21). The number of aryl methyl sites for hydroxylation is 1. The Hall–Kier alpha value is -1.72. The summed E-state index contributed by atoms with van der Waals surface area (Å²) in [5.41, 5.74) is 0.674. The fourth-order valence-corrected chi connectivity index (χ4v) is 3.80. The number of halogens is 1. The lowest BCUT2D eigenvalue weighted by atomic mass is 10.1. The molecule has 0 saturated carbocycles. The van der Waals surface area contributed by atoms with Crippen molar-refractivity contribution in [2.24, 2.45) is 5.92 Å². The number of aliphatic carboxylic acids is 2. The lowest BCUT2D eigenvalue weighted by Gasteiger charge is -2.16. The third kappa shape index (κ3) is 6.83. The van der Waals surface area contributed by atoms with Crippen molar-refractivity contribution in [3.05, 3.63) is 35.6 Å². The van der Waals surface area contributed by atoms with Crippen molar-refractivity contribution in [2.45, 2.75) is 19.3 Å². The Bertz CT molecular complexity index is 571. The van der Waals surface area contributed by atoms with Crippen LogP contribution in [0.3, 0.4) is 0 Å². The molecule has 0 saturated heterocycles. The SMILES string of the molecule is O=C(O)CCC(CP(=O)(O)CCc1ccc(F)cc1)C(=O)O. The number of benzene rings is 1. The van der Waals surface area contributed by atoms with Crippen LogP contribution in [0.25, 0.3) is 0 Å². The molecular weight excluding hydrogens is 314 g/mol. The third-order valence-electron chi connectivity index (χ3n) is 3.22. The average Bonchev–Trinajstić information content (AvgIpc) is 2.42. The van der Waals surface area contributed by atoms with E-state index >= 15 is 0 Å². The molecule has 8 heteroatoms. The van der Waals surface area contributed by atoms with E-state index in [1.54, 1.807) is 0 Å². The molecule has 0 spiro atoms. The molecule has 3 N–H and O–H groups in total. The first-order valence-corrected chi connectivity index (χ1v) is 8.72. The molecule has 1 rings (SSSR count). The second kappa shape index (κ2) is 8.06. The van der Waals surface area contributed by atoms with Gasteiger partial charge in [0.15, 0.2) is 0 Å². The van der Waals surface area contributed by atoms with E-state index in [-0.39, 0.29) is 25.4 Å². The van der Waals surface area contributed by atoms with E-state index in [0.717, 1.165) is 0 Å². The summed E-state index contributed by atoms with van der Waals surface area (Å²) >= 11 is 0. The van der Waals surface area contributed by atoms with Gasteiger partial charge in [-0.3, -0.25) is 14.2 Å². The molecular formula is C14H18FO6P. The number of carboxylic acids is 2. The summed E-state index contributed by atoms with van der Waals surface area (Å²) in [4.78, 5) is 31.4. The first-order chi connectivity index (χ1) is 10.2. The van der Waals surface area contributed by atoms with Crippen LogP contribution >= 0.6 is 7.37 Å². The molecule has 6 nitrogen and oxygen atoms in total. The van der Waals surface area contributed by atoms with E-state index in [0.29, 0.717) is 5.56 Å². The van der Waals surface area contributed by atoms with Gasteiger partial charge >= 0.3 is 11.9 Å². The van der Waals surface area contributed by atoms with Gasteiger partial charge in [0.05, 0.1) is 5.92 Å². The van der Waals surface area contributed by atoms with Crippen molar-refractivity contribution < 1.29 is 33.7 Å². The van der Waals surface area contributed by atoms with Crippen LogP contribution in [-0.4, -0.2) is 39.4 Å². The maximum absolute atomic E-state index is 12.8. The number of hydrogen-bond acceptors (Lipinski definition) is 3. The quantitative estimate of drug-likeness (QED) is 0.598. The Balaban J connectivity index is 2.59. The van der Waals surface area contributed by atoms with E-state index in [9.17, 15) is 23.4 Å². The van der Waals surface area contributed by atoms with E-state index in [4.69, 9.17) is 10.2 Å². The molecule has 22 heavy (non-hydrogen) atoms. The summed E-state index contributed by atoms with van der Waals surface area (Å²) in [5.74, 6) is -4.00. The molecule has 1 aromatic carbocycles. The highest BCUT2D eigenvalue weighted by Crippen LogP contribution is 2.43. The van der Waals surface area contributed by atoms with Gasteiger partial charge in [0, 0.05) is 18.7 Å². The second-order valence-electron chi connectivity index (χ2n) is 5.10. The molecule has 122 valence electrons. The molecule has 0 aliphatic rings. The van der Waals surface area contributed by atoms with Gasteiger partial charge in [-0.05, 0) is 30.5 Å². The van der Waals surface area contributed by atoms with Gasteiger partial charge < -0.3 is 15.1 Å². The predicted molar refractivity (Wildman–Crippen MR) is 77.7 cm³/mol. The van der Waals surface area contributed by atoms with E-state index in [1.165, 1.54) is 24.3 Å². The number of carbonyl (C=O) groups is 2. The molecule has 0 fully saturated rings. The highest BCUT2D eigenvalue weighted by molar-refractivity contribution is 7.58. The smallest absolute Gasteiger partial charge is 0.307 e. The van der Waals surface area contributed by atoms with Gasteiger partial charge in [-0.1, -0.05) is 12.1 Å². The van der Waals surface area contributed by atoms with Crippen LogP contribution in [0.4, 0.5) is 4.39 Å². The Morgan fingerprint density at radius 2 is 1.77 bits per heavy atom. The van der Waals surface area contributed by atoms with Crippen molar-refractivity contribution in [3.8, 4) is 0 Å². The number of carboxylic acid groups (broad SMARTS) is 2. The van der Waals surface area contributed by atoms with Gasteiger partial charge in [-0.15, -0.1) is 0 Å². The predicted octanol–water partition coefficient (Wildman–Crippen LogP) is 2.20. The number of rotatable bonds is 9. The minimum absolute atomic E-state index is 0.129. The summed E-state index contributed by atoms with van der Waals surface area (Å²) < 4.78 is 24.8. The van der Waals surface area contributed by atoms with Gasteiger partial charge in [-0.2, -0.15) is 0 Å². The van der Waals surface area contributed by atoms with Gasteiger partial charge in [-0.25, -0.2) is 4.39 Å². The van der Waals surface area contributed by atoms with Gasteiger partial charge in [0.25, 0.3) is 0 Å². The zero-order valence-corrected chi connectivity index (χ0v) is 12.7. The molecule has 0 amide bonds. The molecule has 1 aromatic rings. The van der Waals surface area contributed by atoms with Crippen molar-refractivity contribution >= 4 is 19.3 Å². The van der Waals surface area contributed by atoms with E-state index < -0.39 is 37.2 Å². The second-order valence-corrected chi connectivity index (χ2v) is 7.60. The minimum Gasteiger partial charge on any atom is -0.481 e. The summed E-state index contributed by atoms with van der Waals surface area (Å²) in [5, 5.41) is 17.6. The maximum atomic E-state index is 12.8. The Morgan fingerprint density at radius 3 is 2.27 bits per heavy atom. The van der Waals surface area contributed by atoms with Crippen molar-refractivity contribution in [1.82, 2.24) is 0 Å². The van der Waals surface area contributed by atoms with E-state index in [2.05, 4.69) is 0 Å². The van der Waals surface area contributed by atoms with Crippen LogP contribution < -0.4 is 0 Å². The zero-order valence-electron chi connectivity index (χ0n) is 11.8. The Kier molecular flexibility index (Phi) is 6.71. The van der Waals surface area contributed by atoms with E-state index in [1.807, 2.05) is 0 Å². The molecule has 0 aromatic heterocycles. The first-order valence-electron chi connectivity index (χ1n) is 6.69. The molecule has 2 unspecified atom stereocenters. The first kappa shape index (κ1) is 18.3. The molecule has 0 radical (unpaired) electrons. The highest BCUT2D eigenvalue weighted by atomic mass is 31.2. The fraction of sp³-hybridized carbons (Fsp3) is 0.429. The van der Waals surface area contributed by atoms with Crippen molar-refractivity contribution in [1.29, 1.82) is 0 Å². The summed E-state index contributed by atoms with van der Waals surface area (Å²) in [6.45, 7) is 0. The average molecular weight is 332 g/mol. The van der Waals surface area contributed by atoms with Crippen LogP contribution in [0, 0.1) is 11.7 Å². The summed E-state index contributed by atoms with van der Waals surface area (Å²) in [7, 11) is -3.71. The normalized spacial score (nSPS) is 15.0. The lowest BCUT2D eigenvalue weighted by Crippen LogP contribution is -2.20. The monoisotopic (exact) mass is 332 g/mol. The summed E-state index contributed by atoms with van der Waals surface area (Å²) in [6, 6.07) is 5.47. The molecule has 0 aliphatic heterocycles. The maximum Gasteiger partial charge on any atom is 0.307 e. The Morgan fingerprint density at radius 1 is 1.18 bits per heavy atom. The van der Waals surface area contributed by atoms with Crippen molar-refractivity contribution in [2.75, 3.05) is 12.3 Å². The minimum atomic E-state index is -3.71. The summed E-state index contributed by atoms with van der Waals surface area (Å²) in [6.07, 6.45) is -0.924. The molecule has 2 atom stereocenters. The van der Waals surface area contributed by atoms with Crippen LogP contribution in [-0.2, 0) is 20.6 Å². The molecule has 0 aliphatic carbocycles. The number of hydrogen-bond donors (Lipinski definition) is 3. The highest BCUT2D eigenvalue weighted by Gasteiger charge is 2.29. The van der Waals surface area contributed by atoms with Crippen LogP contribution in [0.2, 0.25) is 0 Å². The van der Waals surface area contributed by atoms with Crippen LogP contribution in [0.5, 0.6) is 0 Å². The van der Waals surface area contributed by atoms with Crippen LogP contribution in [0.1, 0.15) is 18.4 Å². The lowest BCUT2D eigenvalue weighted by molar-refractivity contribution is -0.142. The van der Waals surface area contributed by atoms with Crippen LogP contribution in [0.15, 0.2) is 24.3 Å². The molecule has 0 bridgehead atoms. The van der Waals surface area contributed by atoms with Crippen molar-refractivity contribution in [3.63, 3.8) is 0 Å². The topological polar surface area (TPSA) is 112 Å². The van der Waals surface area contributed by atoms with Gasteiger partial charge in [0.2, 0.25) is 7.37 Å². The Labute approximate surface area is 127 Å². The van der Waals surface area contributed by atoms with Gasteiger partial charge in [0.1, 0.15) is 5.82 Å². The molecule has 0 heterocycles. The fourth-order valence-electron chi connectivity index (χ4n) is 1.98.